The first-order valence-electron chi connectivity index (χ1n) is 7.86. The molecule has 0 radical (unpaired) electrons. The first-order chi connectivity index (χ1) is 8.99. The predicted molar refractivity (Wildman–Crippen MR) is 80.6 cm³/mol. The van der Waals surface area contributed by atoms with Crippen LogP contribution in [-0.2, 0) is 9.47 Å². The smallest absolute Gasteiger partial charge is 0.0853 e. The zero-order valence-corrected chi connectivity index (χ0v) is 13.6. The van der Waals surface area contributed by atoms with Crippen molar-refractivity contribution in [3.8, 4) is 0 Å². The fourth-order valence-electron chi connectivity index (χ4n) is 3.00. The Hall–Kier alpha value is -0.120. The minimum Gasteiger partial charge on any atom is -0.380 e. The van der Waals surface area contributed by atoms with Crippen LogP contribution in [0.25, 0.3) is 0 Å². The van der Waals surface area contributed by atoms with Crippen molar-refractivity contribution in [2.24, 2.45) is 5.41 Å². The average Bonchev–Trinajstić information content (AvgIpc) is 2.40. The maximum absolute atomic E-state index is 5.99. The molecule has 19 heavy (non-hydrogen) atoms. The van der Waals surface area contributed by atoms with Gasteiger partial charge >= 0.3 is 0 Å². The van der Waals surface area contributed by atoms with Gasteiger partial charge in [-0.3, -0.25) is 0 Å². The summed E-state index contributed by atoms with van der Waals surface area (Å²) in [5, 5.41) is 3.64. The SMILES string of the molecule is CCCNC(COCC)C1(OC)CCC(C)(C)CC1. The zero-order valence-electron chi connectivity index (χ0n) is 13.6. The highest BCUT2D eigenvalue weighted by Gasteiger charge is 2.44. The fourth-order valence-corrected chi connectivity index (χ4v) is 3.00. The molecular weight excluding hydrogens is 238 g/mol. The minimum atomic E-state index is -0.0418. The van der Waals surface area contributed by atoms with Crippen LogP contribution in [-0.4, -0.2) is 38.5 Å². The van der Waals surface area contributed by atoms with Crippen LogP contribution in [0.1, 0.15) is 59.8 Å². The van der Waals surface area contributed by atoms with E-state index in [1.165, 1.54) is 12.8 Å². The van der Waals surface area contributed by atoms with Crippen molar-refractivity contribution in [2.45, 2.75) is 71.4 Å². The van der Waals surface area contributed by atoms with Crippen LogP contribution in [0, 0.1) is 5.41 Å². The maximum Gasteiger partial charge on any atom is 0.0853 e. The predicted octanol–water partition coefficient (Wildman–Crippen LogP) is 3.38. The van der Waals surface area contributed by atoms with Crippen LogP contribution in [0.5, 0.6) is 0 Å². The average molecular weight is 271 g/mol. The van der Waals surface area contributed by atoms with Crippen LogP contribution in [0.2, 0.25) is 0 Å². The van der Waals surface area contributed by atoms with E-state index in [-0.39, 0.29) is 5.60 Å². The van der Waals surface area contributed by atoms with E-state index < -0.39 is 0 Å². The summed E-state index contributed by atoms with van der Waals surface area (Å²) < 4.78 is 11.7. The summed E-state index contributed by atoms with van der Waals surface area (Å²) >= 11 is 0. The third kappa shape index (κ3) is 4.73. The second-order valence-corrected chi connectivity index (χ2v) is 6.60. The van der Waals surface area contributed by atoms with Gasteiger partial charge in [0.05, 0.1) is 18.2 Å². The first kappa shape index (κ1) is 16.9. The van der Waals surface area contributed by atoms with E-state index in [0.29, 0.717) is 11.5 Å². The first-order valence-corrected chi connectivity index (χ1v) is 7.86. The fraction of sp³-hybridized carbons (Fsp3) is 1.00. The maximum atomic E-state index is 5.99. The molecule has 0 heterocycles. The van der Waals surface area contributed by atoms with Crippen LogP contribution >= 0.6 is 0 Å². The van der Waals surface area contributed by atoms with E-state index in [1.807, 2.05) is 7.11 Å². The normalized spacial score (nSPS) is 23.2. The van der Waals surface area contributed by atoms with E-state index in [0.717, 1.165) is 39.0 Å². The third-order valence-corrected chi connectivity index (χ3v) is 4.62. The Morgan fingerprint density at radius 3 is 2.21 bits per heavy atom. The van der Waals surface area contributed by atoms with Gasteiger partial charge in [-0.2, -0.15) is 0 Å². The van der Waals surface area contributed by atoms with Crippen molar-refractivity contribution in [3.05, 3.63) is 0 Å². The molecule has 3 heteroatoms. The van der Waals surface area contributed by atoms with Gasteiger partial charge in [-0.05, 0) is 51.0 Å². The van der Waals surface area contributed by atoms with Crippen LogP contribution in [0.3, 0.4) is 0 Å². The van der Waals surface area contributed by atoms with Gasteiger partial charge < -0.3 is 14.8 Å². The van der Waals surface area contributed by atoms with Crippen LogP contribution in [0.15, 0.2) is 0 Å². The summed E-state index contributed by atoms with van der Waals surface area (Å²) in [6, 6.07) is 0.313. The molecule has 0 bridgehead atoms. The molecule has 1 rings (SSSR count). The van der Waals surface area contributed by atoms with Gasteiger partial charge in [-0.15, -0.1) is 0 Å². The Bertz CT molecular complexity index is 235. The van der Waals surface area contributed by atoms with E-state index in [1.54, 1.807) is 0 Å². The summed E-state index contributed by atoms with van der Waals surface area (Å²) in [4.78, 5) is 0. The number of ether oxygens (including phenoxy) is 2. The van der Waals surface area contributed by atoms with Gasteiger partial charge in [-0.25, -0.2) is 0 Å². The molecule has 0 aromatic heterocycles. The molecule has 0 aromatic carbocycles. The van der Waals surface area contributed by atoms with E-state index in [2.05, 4.69) is 33.0 Å². The third-order valence-electron chi connectivity index (χ3n) is 4.62. The topological polar surface area (TPSA) is 30.5 Å². The Balaban J connectivity index is 2.70. The number of hydrogen-bond donors (Lipinski definition) is 1. The molecule has 0 saturated heterocycles. The second kappa shape index (κ2) is 7.61. The lowest BCUT2D eigenvalue weighted by atomic mass is 9.68. The highest BCUT2D eigenvalue weighted by molar-refractivity contribution is 4.98. The second-order valence-electron chi connectivity index (χ2n) is 6.60. The van der Waals surface area contributed by atoms with Gasteiger partial charge in [0.15, 0.2) is 0 Å². The van der Waals surface area contributed by atoms with Gasteiger partial charge in [0, 0.05) is 13.7 Å². The van der Waals surface area contributed by atoms with Crippen molar-refractivity contribution in [3.63, 3.8) is 0 Å². The lowest BCUT2D eigenvalue weighted by molar-refractivity contribution is -0.101. The molecule has 1 atom stereocenters. The molecule has 1 fully saturated rings. The lowest BCUT2D eigenvalue weighted by Crippen LogP contribution is -2.57. The van der Waals surface area contributed by atoms with Crippen molar-refractivity contribution >= 4 is 0 Å². The molecular formula is C16H33NO2. The molecule has 0 spiro atoms. The van der Waals surface area contributed by atoms with Crippen LogP contribution in [0.4, 0.5) is 0 Å². The van der Waals surface area contributed by atoms with E-state index in [9.17, 15) is 0 Å². The highest BCUT2D eigenvalue weighted by atomic mass is 16.5. The molecule has 1 unspecified atom stereocenters. The minimum absolute atomic E-state index is 0.0418. The molecule has 3 nitrogen and oxygen atoms in total. The summed E-state index contributed by atoms with van der Waals surface area (Å²) in [6.45, 7) is 11.5. The van der Waals surface area contributed by atoms with Gasteiger partial charge in [0.1, 0.15) is 0 Å². The standard InChI is InChI=1S/C16H33NO2/c1-6-12-17-14(13-19-7-2)16(18-5)10-8-15(3,4)9-11-16/h14,17H,6-13H2,1-5H3. The summed E-state index contributed by atoms with van der Waals surface area (Å²) in [5.41, 5.74) is 0.419. The molecule has 1 N–H and O–H groups in total. The number of methoxy groups -OCH3 is 1. The Morgan fingerprint density at radius 1 is 1.11 bits per heavy atom. The van der Waals surface area contributed by atoms with Crippen molar-refractivity contribution in [1.82, 2.24) is 5.32 Å². The van der Waals surface area contributed by atoms with Crippen molar-refractivity contribution < 1.29 is 9.47 Å². The molecule has 1 saturated carbocycles. The molecule has 0 aromatic rings. The van der Waals surface area contributed by atoms with Gasteiger partial charge in [0.2, 0.25) is 0 Å². The Morgan fingerprint density at radius 2 is 1.74 bits per heavy atom. The number of hydrogen-bond acceptors (Lipinski definition) is 3. The molecule has 1 aliphatic rings. The monoisotopic (exact) mass is 271 g/mol. The van der Waals surface area contributed by atoms with Gasteiger partial charge in [0.25, 0.3) is 0 Å². The molecule has 114 valence electrons. The van der Waals surface area contributed by atoms with Crippen LogP contribution < -0.4 is 5.32 Å². The number of rotatable bonds is 8. The summed E-state index contributed by atoms with van der Waals surface area (Å²) in [5.74, 6) is 0. The van der Waals surface area contributed by atoms with Crippen molar-refractivity contribution in [2.75, 3.05) is 26.9 Å². The Kier molecular flexibility index (Phi) is 6.78. The molecule has 0 aliphatic heterocycles. The van der Waals surface area contributed by atoms with Crippen molar-refractivity contribution in [1.29, 1.82) is 0 Å². The van der Waals surface area contributed by atoms with E-state index in [4.69, 9.17) is 9.47 Å². The van der Waals surface area contributed by atoms with E-state index >= 15 is 0 Å². The highest BCUT2D eigenvalue weighted by Crippen LogP contribution is 2.43. The quantitative estimate of drug-likeness (QED) is 0.734. The van der Waals surface area contributed by atoms with Gasteiger partial charge in [-0.1, -0.05) is 20.8 Å². The molecule has 0 amide bonds. The number of nitrogens with one attached hydrogen (secondary N) is 1. The summed E-state index contributed by atoms with van der Waals surface area (Å²) in [7, 11) is 1.87. The Labute approximate surface area is 119 Å². The molecule has 1 aliphatic carbocycles. The lowest BCUT2D eigenvalue weighted by Gasteiger charge is -2.47. The largest absolute Gasteiger partial charge is 0.380 e. The summed E-state index contributed by atoms with van der Waals surface area (Å²) in [6.07, 6.45) is 5.87. The zero-order chi connectivity index (χ0) is 14.4.